The molecule has 3 heterocycles. The van der Waals surface area contributed by atoms with Crippen LogP contribution in [0.4, 0.5) is 11.6 Å². The predicted octanol–water partition coefficient (Wildman–Crippen LogP) is 9.42. The topological polar surface area (TPSA) is 59.7 Å². The highest BCUT2D eigenvalue weighted by Gasteiger charge is 2.23. The van der Waals surface area contributed by atoms with Crippen LogP contribution in [0.1, 0.15) is 32.3 Å². The first-order valence-electron chi connectivity index (χ1n) is 18.6. The lowest BCUT2D eigenvalue weighted by atomic mass is 9.85. The fourth-order valence-electron chi connectivity index (χ4n) is 7.99. The van der Waals surface area contributed by atoms with Crippen LogP contribution in [0.25, 0.3) is 61.7 Å². The summed E-state index contributed by atoms with van der Waals surface area (Å²) in [5, 5.41) is 5.35. The van der Waals surface area contributed by atoms with Gasteiger partial charge in [-0.2, -0.15) is 4.98 Å². The highest BCUT2D eigenvalue weighted by molar-refractivity contribution is 6.08. The number of anilines is 2. The Hall–Kier alpha value is -6.84. The van der Waals surface area contributed by atoms with Crippen LogP contribution in [0, 0.1) is 24.0 Å². The quantitative estimate of drug-likeness (QED) is 0.173. The van der Waals surface area contributed by atoms with E-state index >= 15 is 0 Å². The van der Waals surface area contributed by atoms with Crippen molar-refractivity contribution in [2.45, 2.75) is 26.7 Å². The number of para-hydroxylation sites is 3. The number of allylic oxidation sites excluding steroid dienone is 3. The molecular formula is C48H36N6. The Morgan fingerprint density at radius 1 is 0.722 bits per heavy atom. The van der Waals surface area contributed by atoms with Crippen molar-refractivity contribution in [2.75, 3.05) is 4.90 Å². The molecule has 0 spiro atoms. The molecule has 6 nitrogen and oxygen atoms in total. The first kappa shape index (κ1) is 31.9. The van der Waals surface area contributed by atoms with E-state index in [9.17, 15) is 0 Å². The Labute approximate surface area is 313 Å². The summed E-state index contributed by atoms with van der Waals surface area (Å²) in [7, 11) is 0. The minimum absolute atomic E-state index is 0.402. The van der Waals surface area contributed by atoms with Crippen molar-refractivity contribution < 1.29 is 0 Å². The van der Waals surface area contributed by atoms with Gasteiger partial charge in [-0.15, -0.1) is 0 Å². The molecule has 0 fully saturated rings. The van der Waals surface area contributed by atoms with Crippen molar-refractivity contribution >= 4 is 56.1 Å². The standard InChI is InChI=1S/C48H36N6/c1-31-20-28-37(29-21-31)53(36-13-4-3-5-14-36)47-49-30-41-39-16-9-11-19-43(39)54(46(41)52-47)48-50-42-18-10-8-17-40(42)45(51-48)35-26-24-34(25-27-35)44-32(2)22-23-33-12-6-7-15-38(33)44/h3-5,7-11,13-20,23-32H,21-22H2,1-2H3. The third-order valence-corrected chi connectivity index (χ3v) is 10.7. The molecular weight excluding hydrogens is 661 g/mol. The van der Waals surface area contributed by atoms with E-state index < -0.39 is 0 Å². The van der Waals surface area contributed by atoms with E-state index in [-0.39, 0.29) is 0 Å². The lowest BCUT2D eigenvalue weighted by molar-refractivity contribution is 0.727. The Morgan fingerprint density at radius 2 is 1.50 bits per heavy atom. The molecule has 0 bridgehead atoms. The molecule has 0 saturated heterocycles. The van der Waals surface area contributed by atoms with E-state index in [2.05, 4.69) is 145 Å². The van der Waals surface area contributed by atoms with Crippen molar-refractivity contribution in [3.8, 4) is 17.2 Å². The van der Waals surface area contributed by atoms with Gasteiger partial charge in [0, 0.05) is 44.5 Å². The number of fused-ring (bicyclic) bond motifs is 5. The van der Waals surface area contributed by atoms with Crippen LogP contribution < -0.4 is 15.3 Å². The minimum Gasteiger partial charge on any atom is -0.279 e. The molecule has 5 aromatic carbocycles. The van der Waals surface area contributed by atoms with Gasteiger partial charge in [0.05, 0.1) is 16.7 Å². The van der Waals surface area contributed by atoms with Crippen molar-refractivity contribution in [3.05, 3.63) is 174 Å². The summed E-state index contributed by atoms with van der Waals surface area (Å²) in [6.45, 7) is 4.53. The number of nitrogens with zero attached hydrogens (tertiary/aromatic N) is 6. The number of hydrogen-bond donors (Lipinski definition) is 0. The molecule has 2 unspecified atom stereocenters. The monoisotopic (exact) mass is 696 g/mol. The molecule has 0 radical (unpaired) electrons. The van der Waals surface area contributed by atoms with Crippen LogP contribution in [-0.2, 0) is 0 Å². The number of hydrogen-bond acceptors (Lipinski definition) is 5. The predicted molar refractivity (Wildman–Crippen MR) is 219 cm³/mol. The molecule has 258 valence electrons. The largest absolute Gasteiger partial charge is 0.279 e. The van der Waals surface area contributed by atoms with Crippen LogP contribution in [0.2, 0.25) is 0 Å². The summed E-state index contributed by atoms with van der Waals surface area (Å²) in [6.07, 6.45) is 12.9. The molecule has 0 N–H and O–H groups in total. The second kappa shape index (κ2) is 13.0. The summed E-state index contributed by atoms with van der Waals surface area (Å²) in [4.78, 5) is 23.0. The van der Waals surface area contributed by atoms with E-state index in [0.717, 1.165) is 73.5 Å². The zero-order valence-electron chi connectivity index (χ0n) is 30.1. The number of aromatic nitrogens is 5. The van der Waals surface area contributed by atoms with E-state index in [0.29, 0.717) is 23.7 Å². The fraction of sp³-hybridized carbons (Fsp3) is 0.125. The van der Waals surface area contributed by atoms with Gasteiger partial charge in [0.1, 0.15) is 0 Å². The van der Waals surface area contributed by atoms with Crippen LogP contribution in [0.5, 0.6) is 0 Å². The zero-order chi connectivity index (χ0) is 36.2. The molecule has 2 aliphatic rings. The van der Waals surface area contributed by atoms with Crippen LogP contribution in [0.15, 0.2) is 145 Å². The SMILES string of the molecule is CC1C=CC(N(c2ccccc2)c2ncc3c4ccccc4n(-c4nc(-c5ccc(C6=c7ccc#cc7=CCC6C)cc5)c5ccccc5n4)c3n2)=CC1. The minimum atomic E-state index is 0.402. The Balaban J connectivity index is 1.16. The molecule has 8 aromatic rings. The zero-order valence-corrected chi connectivity index (χ0v) is 30.1. The third-order valence-electron chi connectivity index (χ3n) is 10.7. The molecule has 3 aromatic heterocycles. The molecule has 6 heteroatoms. The van der Waals surface area contributed by atoms with Crippen molar-refractivity contribution in [2.24, 2.45) is 11.8 Å². The van der Waals surface area contributed by atoms with Gasteiger partial charge in [0.2, 0.25) is 11.9 Å². The van der Waals surface area contributed by atoms with Gasteiger partial charge >= 0.3 is 0 Å². The summed E-state index contributed by atoms with van der Waals surface area (Å²) >= 11 is 0. The summed E-state index contributed by atoms with van der Waals surface area (Å²) in [6, 6.07) is 46.3. The maximum atomic E-state index is 5.37. The van der Waals surface area contributed by atoms with E-state index in [1.165, 1.54) is 16.4 Å². The third kappa shape index (κ3) is 5.36. The lowest BCUT2D eigenvalue weighted by Gasteiger charge is -2.26. The smallest absolute Gasteiger partial charge is 0.237 e. The van der Waals surface area contributed by atoms with Gasteiger partial charge in [-0.05, 0) is 83.5 Å². The van der Waals surface area contributed by atoms with Crippen molar-refractivity contribution in [3.63, 3.8) is 0 Å². The van der Waals surface area contributed by atoms with E-state index in [1.807, 2.05) is 36.5 Å². The molecule has 0 saturated carbocycles. The second-order valence-corrected chi connectivity index (χ2v) is 14.3. The lowest BCUT2D eigenvalue weighted by Crippen LogP contribution is -2.31. The van der Waals surface area contributed by atoms with Gasteiger partial charge in [0.25, 0.3) is 0 Å². The van der Waals surface area contributed by atoms with Crippen LogP contribution in [0.3, 0.4) is 0 Å². The van der Waals surface area contributed by atoms with Crippen molar-refractivity contribution in [1.82, 2.24) is 24.5 Å². The highest BCUT2D eigenvalue weighted by atomic mass is 15.3. The molecule has 10 rings (SSSR count). The maximum absolute atomic E-state index is 5.37. The number of benzene rings is 4. The molecule has 54 heavy (non-hydrogen) atoms. The first-order valence-corrected chi connectivity index (χ1v) is 18.6. The fourth-order valence-corrected chi connectivity index (χ4v) is 7.99. The highest BCUT2D eigenvalue weighted by Crippen LogP contribution is 2.36. The summed E-state index contributed by atoms with van der Waals surface area (Å²) < 4.78 is 2.09. The van der Waals surface area contributed by atoms with E-state index in [1.54, 1.807) is 0 Å². The number of rotatable bonds is 6. The molecule has 0 amide bonds. The van der Waals surface area contributed by atoms with Gasteiger partial charge in [0.15, 0.2) is 5.65 Å². The first-order chi connectivity index (χ1) is 26.6. The molecule has 2 atom stereocenters. The maximum Gasteiger partial charge on any atom is 0.237 e. The van der Waals surface area contributed by atoms with Gasteiger partial charge < -0.3 is 0 Å². The van der Waals surface area contributed by atoms with Gasteiger partial charge in [-0.1, -0.05) is 123 Å². The Kier molecular flexibility index (Phi) is 7.66. The Bertz CT molecular complexity index is 2920. The summed E-state index contributed by atoms with van der Waals surface area (Å²) in [5.41, 5.74) is 9.09. The Morgan fingerprint density at radius 3 is 2.33 bits per heavy atom. The van der Waals surface area contributed by atoms with Crippen LogP contribution in [-0.4, -0.2) is 24.5 Å². The summed E-state index contributed by atoms with van der Waals surface area (Å²) in [5.74, 6) is 2.03. The molecule has 2 aliphatic carbocycles. The van der Waals surface area contributed by atoms with Gasteiger partial charge in [-0.3, -0.25) is 9.47 Å². The average Bonchev–Trinajstić information content (AvgIpc) is 3.55. The second-order valence-electron chi connectivity index (χ2n) is 14.3. The average molecular weight is 697 g/mol. The normalized spacial score (nSPS) is 16.6. The molecule has 0 aliphatic heterocycles. The van der Waals surface area contributed by atoms with Crippen LogP contribution >= 0.6 is 0 Å². The van der Waals surface area contributed by atoms with E-state index in [4.69, 9.17) is 19.9 Å². The van der Waals surface area contributed by atoms with Crippen molar-refractivity contribution in [1.29, 1.82) is 0 Å². The van der Waals surface area contributed by atoms with Gasteiger partial charge in [-0.25, -0.2) is 15.0 Å².